The lowest BCUT2D eigenvalue weighted by atomic mass is 10.0. The number of aliphatic hydroxyl groups is 1. The maximum atomic E-state index is 11.5. The van der Waals surface area contributed by atoms with Gasteiger partial charge in [0.15, 0.2) is 0 Å². The van der Waals surface area contributed by atoms with Gasteiger partial charge in [-0.1, -0.05) is 24.3 Å². The molecule has 19 heavy (non-hydrogen) atoms. The number of hydrogen-bond acceptors (Lipinski definition) is 3. The number of hydrogen-bond donors (Lipinski definition) is 3. The molecule has 0 fully saturated rings. The molecule has 0 atom stereocenters. The van der Waals surface area contributed by atoms with Crippen LogP contribution in [0.3, 0.4) is 0 Å². The Labute approximate surface area is 112 Å². The van der Waals surface area contributed by atoms with Gasteiger partial charge in [-0.25, -0.2) is 0 Å². The molecule has 2 amide bonds. The second-order valence-corrected chi connectivity index (χ2v) is 4.89. The van der Waals surface area contributed by atoms with E-state index in [1.54, 1.807) is 6.92 Å². The van der Waals surface area contributed by atoms with Crippen LogP contribution >= 0.6 is 0 Å². The fourth-order valence-electron chi connectivity index (χ4n) is 2.36. The molecule has 0 saturated heterocycles. The van der Waals surface area contributed by atoms with E-state index < -0.39 is 17.4 Å². The summed E-state index contributed by atoms with van der Waals surface area (Å²) in [4.78, 5) is 22.7. The van der Waals surface area contributed by atoms with Gasteiger partial charge in [0.05, 0.1) is 5.60 Å². The molecular weight excluding hydrogens is 244 g/mol. The van der Waals surface area contributed by atoms with Crippen molar-refractivity contribution in [3.63, 3.8) is 0 Å². The molecule has 0 aromatic heterocycles. The molecule has 2 rings (SSSR count). The van der Waals surface area contributed by atoms with Gasteiger partial charge in [0.2, 0.25) is 0 Å². The van der Waals surface area contributed by atoms with Crippen LogP contribution in [-0.4, -0.2) is 35.6 Å². The third-order valence-electron chi connectivity index (χ3n) is 3.28. The molecule has 1 aromatic rings. The summed E-state index contributed by atoms with van der Waals surface area (Å²) in [5.74, 6) is -1.37. The van der Waals surface area contributed by atoms with Gasteiger partial charge in [-0.2, -0.15) is 0 Å². The van der Waals surface area contributed by atoms with E-state index in [0.717, 1.165) is 11.1 Å². The number of amides is 2. The largest absolute Gasteiger partial charge is 0.387 e. The summed E-state index contributed by atoms with van der Waals surface area (Å²) in [6.07, 6.45) is 0.998. The summed E-state index contributed by atoms with van der Waals surface area (Å²) in [5.41, 5.74) is 1.20. The molecule has 3 N–H and O–H groups in total. The van der Waals surface area contributed by atoms with E-state index in [1.807, 2.05) is 24.3 Å². The smallest absolute Gasteiger partial charge is 0.309 e. The Kier molecular flexibility index (Phi) is 3.85. The fraction of sp³-hybridized carbons (Fsp3) is 0.429. The second-order valence-electron chi connectivity index (χ2n) is 4.89. The normalized spacial score (nSPS) is 15.7. The summed E-state index contributed by atoms with van der Waals surface area (Å²) in [6, 6.07) is 7.80. The van der Waals surface area contributed by atoms with Gasteiger partial charge in [-0.15, -0.1) is 0 Å². The SMILES string of the molecule is CCNC(=O)C(=O)NCC1(O)Cc2ccccc2C1. The predicted octanol–water partition coefficient (Wildman–Crippen LogP) is -0.231. The minimum Gasteiger partial charge on any atom is -0.387 e. The Bertz CT molecular complexity index is 474. The Balaban J connectivity index is 1.91. The van der Waals surface area contributed by atoms with Crippen molar-refractivity contribution in [1.82, 2.24) is 10.6 Å². The third-order valence-corrected chi connectivity index (χ3v) is 3.28. The number of carbonyl (C=O) groups is 2. The second kappa shape index (κ2) is 5.40. The number of fused-ring (bicyclic) bond motifs is 1. The highest BCUT2D eigenvalue weighted by Crippen LogP contribution is 2.29. The van der Waals surface area contributed by atoms with Gasteiger partial charge in [0, 0.05) is 25.9 Å². The molecule has 1 aromatic carbocycles. The predicted molar refractivity (Wildman–Crippen MR) is 70.5 cm³/mol. The van der Waals surface area contributed by atoms with Crippen LogP contribution in [0.1, 0.15) is 18.1 Å². The highest BCUT2D eigenvalue weighted by molar-refractivity contribution is 6.35. The van der Waals surface area contributed by atoms with Crippen molar-refractivity contribution in [3.05, 3.63) is 35.4 Å². The van der Waals surface area contributed by atoms with Crippen LogP contribution in [0.15, 0.2) is 24.3 Å². The van der Waals surface area contributed by atoms with E-state index in [0.29, 0.717) is 19.4 Å². The van der Waals surface area contributed by atoms with E-state index in [4.69, 9.17) is 0 Å². The van der Waals surface area contributed by atoms with Crippen LogP contribution in [0.5, 0.6) is 0 Å². The van der Waals surface area contributed by atoms with Crippen LogP contribution in [0.25, 0.3) is 0 Å². The molecule has 0 spiro atoms. The van der Waals surface area contributed by atoms with Crippen molar-refractivity contribution < 1.29 is 14.7 Å². The van der Waals surface area contributed by atoms with E-state index >= 15 is 0 Å². The van der Waals surface area contributed by atoms with Gasteiger partial charge in [0.25, 0.3) is 0 Å². The van der Waals surface area contributed by atoms with Crippen molar-refractivity contribution in [1.29, 1.82) is 0 Å². The Morgan fingerprint density at radius 1 is 1.16 bits per heavy atom. The van der Waals surface area contributed by atoms with Gasteiger partial charge in [-0.05, 0) is 18.1 Å². The van der Waals surface area contributed by atoms with Crippen molar-refractivity contribution in [3.8, 4) is 0 Å². The first-order chi connectivity index (χ1) is 9.04. The van der Waals surface area contributed by atoms with E-state index in [2.05, 4.69) is 10.6 Å². The van der Waals surface area contributed by atoms with E-state index in [1.165, 1.54) is 0 Å². The number of benzene rings is 1. The summed E-state index contributed by atoms with van der Waals surface area (Å²) in [7, 11) is 0. The van der Waals surface area contributed by atoms with E-state index in [9.17, 15) is 14.7 Å². The first-order valence-corrected chi connectivity index (χ1v) is 6.39. The molecule has 5 nitrogen and oxygen atoms in total. The minimum atomic E-state index is -0.994. The molecule has 0 saturated carbocycles. The Morgan fingerprint density at radius 3 is 2.21 bits per heavy atom. The molecule has 1 aliphatic carbocycles. The number of carbonyl (C=O) groups excluding carboxylic acids is 2. The zero-order valence-corrected chi connectivity index (χ0v) is 10.9. The molecule has 0 radical (unpaired) electrons. The lowest BCUT2D eigenvalue weighted by molar-refractivity contribution is -0.139. The van der Waals surface area contributed by atoms with Gasteiger partial charge >= 0.3 is 11.8 Å². The summed E-state index contributed by atoms with van der Waals surface area (Å²) < 4.78 is 0. The zero-order valence-electron chi connectivity index (χ0n) is 10.9. The fourth-order valence-corrected chi connectivity index (χ4v) is 2.36. The van der Waals surface area contributed by atoms with Gasteiger partial charge < -0.3 is 15.7 Å². The first-order valence-electron chi connectivity index (χ1n) is 6.39. The third kappa shape index (κ3) is 3.12. The molecule has 1 aliphatic rings. The van der Waals surface area contributed by atoms with Crippen LogP contribution in [0, 0.1) is 0 Å². The molecule has 0 bridgehead atoms. The van der Waals surface area contributed by atoms with Crippen molar-refractivity contribution in [2.45, 2.75) is 25.4 Å². The van der Waals surface area contributed by atoms with Crippen LogP contribution in [-0.2, 0) is 22.4 Å². The summed E-state index contributed by atoms with van der Waals surface area (Å²) in [5, 5.41) is 15.3. The quantitative estimate of drug-likeness (QED) is 0.658. The molecular formula is C14H18N2O3. The lowest BCUT2D eigenvalue weighted by Gasteiger charge is -2.22. The summed E-state index contributed by atoms with van der Waals surface area (Å²) >= 11 is 0. The zero-order chi connectivity index (χ0) is 13.9. The highest BCUT2D eigenvalue weighted by atomic mass is 16.3. The number of nitrogens with one attached hydrogen (secondary N) is 2. The average Bonchev–Trinajstić information content (AvgIpc) is 2.73. The van der Waals surface area contributed by atoms with Crippen LogP contribution in [0.4, 0.5) is 0 Å². The molecule has 0 aliphatic heterocycles. The standard InChI is InChI=1S/C14H18N2O3/c1-2-15-12(17)13(18)16-9-14(19)7-10-5-3-4-6-11(10)8-14/h3-6,19H,2,7-9H2,1H3,(H,15,17)(H,16,18). The number of likely N-dealkylation sites (N-methyl/N-ethyl adjacent to an activating group) is 1. The van der Waals surface area contributed by atoms with Gasteiger partial charge in [-0.3, -0.25) is 9.59 Å². The van der Waals surface area contributed by atoms with Crippen molar-refractivity contribution >= 4 is 11.8 Å². The number of rotatable bonds is 3. The average molecular weight is 262 g/mol. The highest BCUT2D eigenvalue weighted by Gasteiger charge is 2.35. The van der Waals surface area contributed by atoms with Crippen molar-refractivity contribution in [2.75, 3.05) is 13.1 Å². The first kappa shape index (κ1) is 13.5. The van der Waals surface area contributed by atoms with Crippen LogP contribution in [0.2, 0.25) is 0 Å². The molecule has 0 heterocycles. The lowest BCUT2D eigenvalue weighted by Crippen LogP contribution is -2.48. The van der Waals surface area contributed by atoms with E-state index in [-0.39, 0.29) is 6.54 Å². The van der Waals surface area contributed by atoms with Crippen LogP contribution < -0.4 is 10.6 Å². The van der Waals surface area contributed by atoms with Gasteiger partial charge in [0.1, 0.15) is 0 Å². The topological polar surface area (TPSA) is 78.4 Å². The Hall–Kier alpha value is -1.88. The summed E-state index contributed by atoms with van der Waals surface area (Å²) in [6.45, 7) is 2.23. The molecule has 102 valence electrons. The molecule has 0 unspecified atom stereocenters. The maximum Gasteiger partial charge on any atom is 0.309 e. The molecule has 5 heteroatoms. The maximum absolute atomic E-state index is 11.5. The Morgan fingerprint density at radius 2 is 1.68 bits per heavy atom. The minimum absolute atomic E-state index is 0.0810. The monoisotopic (exact) mass is 262 g/mol. The van der Waals surface area contributed by atoms with Crippen molar-refractivity contribution in [2.24, 2.45) is 0 Å².